The Labute approximate surface area is 194 Å². The average Bonchev–Trinajstić information content (AvgIpc) is 3.29. The maximum absolute atomic E-state index is 13.2. The number of hydrogen-bond donors (Lipinski definition) is 0. The molecule has 0 amide bonds. The van der Waals surface area contributed by atoms with Crippen LogP contribution in [0.2, 0.25) is 5.02 Å². The molecule has 0 saturated carbocycles. The standard InChI is InChI=1S/C23H23ClN4O3S/c1-3-30-13-7-12-28-22(29)18-11-10-17(24)14-19(18)25-23(28)32-15(2)21-26-20(27-31-21)16-8-5-4-6-9-16/h4-6,8-11,14-15H,3,7,12-13H2,1-2H3. The van der Waals surface area contributed by atoms with E-state index < -0.39 is 0 Å². The number of nitrogens with zero attached hydrogens (tertiary/aromatic N) is 4. The lowest BCUT2D eigenvalue weighted by Crippen LogP contribution is -2.24. The van der Waals surface area contributed by atoms with Crippen LogP contribution in [0.15, 0.2) is 63.0 Å². The van der Waals surface area contributed by atoms with Gasteiger partial charge in [0.15, 0.2) is 5.16 Å². The van der Waals surface area contributed by atoms with Crippen molar-refractivity contribution in [3.8, 4) is 11.4 Å². The highest BCUT2D eigenvalue weighted by atomic mass is 35.5. The van der Waals surface area contributed by atoms with Gasteiger partial charge in [0.25, 0.3) is 5.56 Å². The molecule has 0 bridgehead atoms. The van der Waals surface area contributed by atoms with Gasteiger partial charge in [-0.2, -0.15) is 4.98 Å². The third-order valence-electron chi connectivity index (χ3n) is 4.86. The highest BCUT2D eigenvalue weighted by Gasteiger charge is 2.20. The summed E-state index contributed by atoms with van der Waals surface area (Å²) >= 11 is 7.54. The highest BCUT2D eigenvalue weighted by molar-refractivity contribution is 7.99. The van der Waals surface area contributed by atoms with Crippen LogP contribution >= 0.6 is 23.4 Å². The molecule has 0 fully saturated rings. The normalized spacial score (nSPS) is 12.3. The van der Waals surface area contributed by atoms with Crippen molar-refractivity contribution in [2.24, 2.45) is 0 Å². The van der Waals surface area contributed by atoms with Gasteiger partial charge in [-0.3, -0.25) is 9.36 Å². The molecule has 0 saturated heterocycles. The third kappa shape index (κ3) is 5.03. The van der Waals surface area contributed by atoms with Gasteiger partial charge in [0, 0.05) is 30.3 Å². The van der Waals surface area contributed by atoms with E-state index in [1.54, 1.807) is 22.8 Å². The third-order valence-corrected chi connectivity index (χ3v) is 6.17. The van der Waals surface area contributed by atoms with Gasteiger partial charge in [0.05, 0.1) is 16.2 Å². The molecule has 0 spiro atoms. The lowest BCUT2D eigenvalue weighted by molar-refractivity contribution is 0.140. The van der Waals surface area contributed by atoms with Gasteiger partial charge in [-0.1, -0.05) is 58.9 Å². The summed E-state index contributed by atoms with van der Waals surface area (Å²) in [4.78, 5) is 22.5. The molecule has 9 heteroatoms. The van der Waals surface area contributed by atoms with Crippen molar-refractivity contribution in [3.63, 3.8) is 0 Å². The fourth-order valence-corrected chi connectivity index (χ4v) is 4.37. The van der Waals surface area contributed by atoms with Crippen molar-refractivity contribution in [2.75, 3.05) is 13.2 Å². The molecule has 2 heterocycles. The first kappa shape index (κ1) is 22.5. The van der Waals surface area contributed by atoms with E-state index in [2.05, 4.69) is 10.1 Å². The number of ether oxygens (including phenoxy) is 1. The molecular formula is C23H23ClN4O3S. The van der Waals surface area contributed by atoms with E-state index in [4.69, 9.17) is 25.8 Å². The quantitative estimate of drug-likeness (QED) is 0.184. The van der Waals surface area contributed by atoms with Crippen molar-refractivity contribution < 1.29 is 9.26 Å². The van der Waals surface area contributed by atoms with Crippen molar-refractivity contribution >= 4 is 34.3 Å². The van der Waals surface area contributed by atoms with E-state index in [1.807, 2.05) is 44.2 Å². The SMILES string of the molecule is CCOCCCn1c(SC(C)c2nc(-c3ccccc3)no2)nc2cc(Cl)ccc2c1=O. The predicted octanol–water partition coefficient (Wildman–Crippen LogP) is 5.38. The largest absolute Gasteiger partial charge is 0.382 e. The molecule has 4 rings (SSSR count). The maximum atomic E-state index is 13.2. The van der Waals surface area contributed by atoms with E-state index in [-0.39, 0.29) is 10.8 Å². The van der Waals surface area contributed by atoms with E-state index in [1.165, 1.54) is 11.8 Å². The van der Waals surface area contributed by atoms with E-state index in [0.29, 0.717) is 59.0 Å². The number of aromatic nitrogens is 4. The van der Waals surface area contributed by atoms with Crippen LogP contribution in [0.1, 0.15) is 31.4 Å². The molecule has 0 aliphatic heterocycles. The maximum Gasteiger partial charge on any atom is 0.262 e. The lowest BCUT2D eigenvalue weighted by atomic mass is 10.2. The minimum atomic E-state index is -0.207. The summed E-state index contributed by atoms with van der Waals surface area (Å²) in [6.07, 6.45) is 0.704. The molecule has 32 heavy (non-hydrogen) atoms. The Balaban J connectivity index is 1.64. The smallest absolute Gasteiger partial charge is 0.262 e. The lowest BCUT2D eigenvalue weighted by Gasteiger charge is -2.15. The Bertz CT molecular complexity index is 1260. The summed E-state index contributed by atoms with van der Waals surface area (Å²) in [5.41, 5.74) is 1.34. The number of rotatable bonds is 9. The minimum Gasteiger partial charge on any atom is -0.382 e. The molecule has 1 atom stereocenters. The van der Waals surface area contributed by atoms with Crippen molar-refractivity contribution in [3.05, 3.63) is 69.8 Å². The molecule has 0 N–H and O–H groups in total. The summed E-state index contributed by atoms with van der Waals surface area (Å²) in [6.45, 7) is 5.61. The Morgan fingerprint density at radius 3 is 2.78 bits per heavy atom. The zero-order chi connectivity index (χ0) is 22.5. The Kier molecular flexibility index (Phi) is 7.24. The summed E-state index contributed by atoms with van der Waals surface area (Å²) in [7, 11) is 0. The van der Waals surface area contributed by atoms with Crippen LogP contribution in [-0.4, -0.2) is 32.9 Å². The first-order chi connectivity index (χ1) is 15.6. The van der Waals surface area contributed by atoms with Crippen LogP contribution in [0.25, 0.3) is 22.3 Å². The predicted molar refractivity (Wildman–Crippen MR) is 126 cm³/mol. The number of halogens is 1. The molecule has 0 radical (unpaired) electrons. The van der Waals surface area contributed by atoms with E-state index in [0.717, 1.165) is 5.56 Å². The molecule has 7 nitrogen and oxygen atoms in total. The molecular weight excluding hydrogens is 448 g/mol. The van der Waals surface area contributed by atoms with Gasteiger partial charge in [-0.25, -0.2) is 4.98 Å². The van der Waals surface area contributed by atoms with Gasteiger partial charge in [-0.05, 0) is 38.5 Å². The van der Waals surface area contributed by atoms with Crippen LogP contribution in [0.4, 0.5) is 0 Å². The van der Waals surface area contributed by atoms with E-state index >= 15 is 0 Å². The highest BCUT2D eigenvalue weighted by Crippen LogP contribution is 2.34. The van der Waals surface area contributed by atoms with Crippen LogP contribution < -0.4 is 5.56 Å². The Hall–Kier alpha value is -2.68. The topological polar surface area (TPSA) is 83.0 Å². The summed E-state index contributed by atoms with van der Waals surface area (Å²) in [5, 5.41) is 5.54. The zero-order valence-electron chi connectivity index (χ0n) is 17.8. The minimum absolute atomic E-state index is 0.103. The summed E-state index contributed by atoms with van der Waals surface area (Å²) in [6, 6.07) is 14.8. The van der Waals surface area contributed by atoms with Crippen LogP contribution in [-0.2, 0) is 11.3 Å². The second-order valence-corrected chi connectivity index (χ2v) is 8.89. The van der Waals surface area contributed by atoms with Crippen molar-refractivity contribution in [1.82, 2.24) is 19.7 Å². The number of benzene rings is 2. The molecule has 2 aromatic heterocycles. The fourth-order valence-electron chi connectivity index (χ4n) is 3.24. The second-order valence-electron chi connectivity index (χ2n) is 7.15. The van der Waals surface area contributed by atoms with Gasteiger partial charge in [0.2, 0.25) is 11.7 Å². The molecule has 166 valence electrons. The molecule has 0 aliphatic rings. The van der Waals surface area contributed by atoms with Gasteiger partial charge in [0.1, 0.15) is 0 Å². The number of fused-ring (bicyclic) bond motifs is 1. The molecule has 2 aromatic carbocycles. The molecule has 4 aromatic rings. The molecule has 0 aliphatic carbocycles. The van der Waals surface area contributed by atoms with Crippen LogP contribution in [0.3, 0.4) is 0 Å². The monoisotopic (exact) mass is 470 g/mol. The van der Waals surface area contributed by atoms with Gasteiger partial charge in [-0.15, -0.1) is 0 Å². The summed E-state index contributed by atoms with van der Waals surface area (Å²) < 4.78 is 12.6. The number of hydrogen-bond acceptors (Lipinski definition) is 7. The first-order valence-electron chi connectivity index (χ1n) is 10.4. The van der Waals surface area contributed by atoms with Gasteiger partial charge < -0.3 is 9.26 Å². The van der Waals surface area contributed by atoms with Crippen molar-refractivity contribution in [2.45, 2.75) is 37.2 Å². The fraction of sp³-hybridized carbons (Fsp3) is 0.304. The average molecular weight is 471 g/mol. The van der Waals surface area contributed by atoms with E-state index in [9.17, 15) is 4.79 Å². The second kappa shape index (κ2) is 10.3. The van der Waals surface area contributed by atoms with Crippen molar-refractivity contribution in [1.29, 1.82) is 0 Å². The van der Waals surface area contributed by atoms with Gasteiger partial charge >= 0.3 is 0 Å². The first-order valence-corrected chi connectivity index (χ1v) is 11.7. The van der Waals surface area contributed by atoms with Crippen LogP contribution in [0.5, 0.6) is 0 Å². The number of thioether (sulfide) groups is 1. The Morgan fingerprint density at radius 2 is 2.00 bits per heavy atom. The molecule has 1 unspecified atom stereocenters. The summed E-state index contributed by atoms with van der Waals surface area (Å²) in [5.74, 6) is 0.996. The zero-order valence-corrected chi connectivity index (χ0v) is 19.4. The van der Waals surface area contributed by atoms with Crippen LogP contribution in [0, 0.1) is 0 Å². The Morgan fingerprint density at radius 1 is 1.19 bits per heavy atom.